The zero-order chi connectivity index (χ0) is 12.1. The van der Waals surface area contributed by atoms with Gasteiger partial charge in [-0.3, -0.25) is 4.79 Å². The van der Waals surface area contributed by atoms with Crippen molar-refractivity contribution in [2.24, 2.45) is 5.73 Å². The number of hydrogen-bond donors (Lipinski definition) is 2. The number of nitrogens with two attached hydrogens (primary N) is 1. The molecule has 1 rings (SSSR count). The van der Waals surface area contributed by atoms with Crippen molar-refractivity contribution < 1.29 is 4.79 Å². The van der Waals surface area contributed by atoms with Gasteiger partial charge in [-0.1, -0.05) is 13.8 Å². The van der Waals surface area contributed by atoms with Crippen LogP contribution >= 0.6 is 0 Å². The highest BCUT2D eigenvalue weighted by Crippen LogP contribution is 2.01. The highest BCUT2D eigenvalue weighted by atomic mass is 16.1. The minimum absolute atomic E-state index is 0.251. The average Bonchev–Trinajstić information content (AvgIpc) is 2.57. The summed E-state index contributed by atoms with van der Waals surface area (Å²) in [5, 5.41) is 3.15. The first-order chi connectivity index (χ1) is 7.50. The van der Waals surface area contributed by atoms with Crippen LogP contribution in [0.2, 0.25) is 0 Å². The van der Waals surface area contributed by atoms with Gasteiger partial charge in [0.05, 0.1) is 6.04 Å². The highest BCUT2D eigenvalue weighted by Gasteiger charge is 2.15. The topological polar surface area (TPSA) is 72.9 Å². The third kappa shape index (κ3) is 3.66. The summed E-state index contributed by atoms with van der Waals surface area (Å²) in [4.78, 5) is 15.3. The third-order valence-corrected chi connectivity index (χ3v) is 2.46. The third-order valence-electron chi connectivity index (χ3n) is 2.46. The number of carbonyl (C=O) groups is 1. The fourth-order valence-corrected chi connectivity index (χ4v) is 1.62. The van der Waals surface area contributed by atoms with Gasteiger partial charge in [-0.15, -0.1) is 0 Å². The van der Waals surface area contributed by atoms with E-state index in [9.17, 15) is 4.79 Å². The quantitative estimate of drug-likeness (QED) is 0.736. The summed E-state index contributed by atoms with van der Waals surface area (Å²) in [6.45, 7) is 6.69. The number of primary amides is 1. The summed E-state index contributed by atoms with van der Waals surface area (Å²) in [6.07, 6.45) is 4.35. The van der Waals surface area contributed by atoms with Crippen molar-refractivity contribution in [2.75, 3.05) is 0 Å². The van der Waals surface area contributed by atoms with Crippen LogP contribution in [0.1, 0.15) is 26.1 Å². The molecule has 0 fully saturated rings. The van der Waals surface area contributed by atoms with Crippen molar-refractivity contribution in [1.29, 1.82) is 0 Å². The maximum Gasteiger partial charge on any atom is 0.234 e. The lowest BCUT2D eigenvalue weighted by Crippen LogP contribution is -2.45. The highest BCUT2D eigenvalue weighted by molar-refractivity contribution is 5.79. The lowest BCUT2D eigenvalue weighted by molar-refractivity contribution is -0.120. The first kappa shape index (κ1) is 12.7. The second-order valence-electron chi connectivity index (χ2n) is 4.23. The first-order valence-electron chi connectivity index (χ1n) is 5.53. The zero-order valence-corrected chi connectivity index (χ0v) is 10.1. The fraction of sp³-hybridized carbons (Fsp3) is 0.636. The van der Waals surface area contributed by atoms with Crippen LogP contribution in [0.15, 0.2) is 12.4 Å². The number of hydrogen-bond acceptors (Lipinski definition) is 3. The molecule has 0 spiro atoms. The van der Waals surface area contributed by atoms with E-state index >= 15 is 0 Å². The standard InChI is InChI=1S/C11H20N4O/c1-8(2)14-10(11(12)16)4-6-15-7-5-13-9(15)3/h5,7-8,10,14H,4,6H2,1-3H3,(H2,12,16). The molecule has 0 saturated carbocycles. The van der Waals surface area contributed by atoms with Crippen molar-refractivity contribution in [3.05, 3.63) is 18.2 Å². The summed E-state index contributed by atoms with van der Waals surface area (Å²) in [5.74, 6) is 0.652. The lowest BCUT2D eigenvalue weighted by Gasteiger charge is -2.18. The monoisotopic (exact) mass is 224 g/mol. The summed E-state index contributed by atoms with van der Waals surface area (Å²) in [7, 11) is 0. The van der Waals surface area contributed by atoms with E-state index in [0.717, 1.165) is 12.4 Å². The Morgan fingerprint density at radius 1 is 1.62 bits per heavy atom. The van der Waals surface area contributed by atoms with Crippen LogP contribution in [-0.2, 0) is 11.3 Å². The summed E-state index contributed by atoms with van der Waals surface area (Å²) in [6, 6.07) is -0.0248. The van der Waals surface area contributed by atoms with E-state index in [1.54, 1.807) is 6.20 Å². The van der Waals surface area contributed by atoms with Gasteiger partial charge in [0.25, 0.3) is 0 Å². The van der Waals surface area contributed by atoms with Crippen molar-refractivity contribution in [3.8, 4) is 0 Å². The van der Waals surface area contributed by atoms with E-state index in [1.165, 1.54) is 0 Å². The molecule has 1 atom stereocenters. The molecule has 0 aromatic carbocycles. The first-order valence-corrected chi connectivity index (χ1v) is 5.53. The van der Waals surface area contributed by atoms with Gasteiger partial charge >= 0.3 is 0 Å². The molecule has 1 aromatic rings. The van der Waals surface area contributed by atoms with Crippen LogP contribution < -0.4 is 11.1 Å². The predicted octanol–water partition coefficient (Wildman–Crippen LogP) is 0.434. The Kier molecular flexibility index (Phi) is 4.49. The number of nitrogens with zero attached hydrogens (tertiary/aromatic N) is 2. The molecule has 1 amide bonds. The Labute approximate surface area is 96.0 Å². The Bertz CT molecular complexity index is 346. The van der Waals surface area contributed by atoms with Gasteiger partial charge in [0.2, 0.25) is 5.91 Å². The van der Waals surface area contributed by atoms with Crippen LogP contribution in [-0.4, -0.2) is 27.5 Å². The van der Waals surface area contributed by atoms with Gasteiger partial charge in [0.15, 0.2) is 0 Å². The van der Waals surface area contributed by atoms with Gasteiger partial charge < -0.3 is 15.6 Å². The molecule has 90 valence electrons. The maximum atomic E-state index is 11.2. The normalized spacial score (nSPS) is 13.0. The molecule has 3 N–H and O–H groups in total. The molecule has 0 aliphatic carbocycles. The second kappa shape index (κ2) is 5.65. The van der Waals surface area contributed by atoms with Crippen LogP contribution in [0.4, 0.5) is 0 Å². The van der Waals surface area contributed by atoms with Gasteiger partial charge in [0, 0.05) is 25.0 Å². The second-order valence-corrected chi connectivity index (χ2v) is 4.23. The number of rotatable bonds is 6. The fourth-order valence-electron chi connectivity index (χ4n) is 1.62. The van der Waals surface area contributed by atoms with E-state index in [-0.39, 0.29) is 18.0 Å². The molecule has 0 saturated heterocycles. The number of nitrogens with one attached hydrogen (secondary N) is 1. The smallest absolute Gasteiger partial charge is 0.234 e. The van der Waals surface area contributed by atoms with E-state index < -0.39 is 0 Å². The summed E-state index contributed by atoms with van der Waals surface area (Å²) >= 11 is 0. The number of carbonyl (C=O) groups excluding carboxylic acids is 1. The Morgan fingerprint density at radius 3 is 2.75 bits per heavy atom. The number of aromatic nitrogens is 2. The van der Waals surface area contributed by atoms with Crippen LogP contribution in [0.25, 0.3) is 0 Å². The summed E-state index contributed by atoms with van der Waals surface area (Å²) in [5.41, 5.74) is 5.34. The van der Waals surface area contributed by atoms with E-state index in [1.807, 2.05) is 31.5 Å². The van der Waals surface area contributed by atoms with Crippen molar-refractivity contribution in [2.45, 2.75) is 45.8 Å². The Morgan fingerprint density at radius 2 is 2.31 bits per heavy atom. The number of aryl methyl sites for hydroxylation is 2. The number of imidazole rings is 1. The molecule has 5 heteroatoms. The largest absolute Gasteiger partial charge is 0.368 e. The number of amides is 1. The molecule has 0 aliphatic heterocycles. The minimum atomic E-state index is -0.300. The maximum absolute atomic E-state index is 11.2. The minimum Gasteiger partial charge on any atom is -0.368 e. The lowest BCUT2D eigenvalue weighted by atomic mass is 10.1. The molecule has 1 heterocycles. The Hall–Kier alpha value is -1.36. The molecular weight excluding hydrogens is 204 g/mol. The molecule has 16 heavy (non-hydrogen) atoms. The Balaban J connectivity index is 2.50. The zero-order valence-electron chi connectivity index (χ0n) is 10.1. The van der Waals surface area contributed by atoms with Crippen LogP contribution in [0.5, 0.6) is 0 Å². The molecule has 0 aliphatic rings. The van der Waals surface area contributed by atoms with Gasteiger partial charge in [-0.05, 0) is 13.3 Å². The predicted molar refractivity (Wildman–Crippen MR) is 62.8 cm³/mol. The van der Waals surface area contributed by atoms with E-state index in [4.69, 9.17) is 5.73 Å². The molecule has 0 bridgehead atoms. The SMILES string of the molecule is Cc1nccn1CCC(NC(C)C)C(N)=O. The van der Waals surface area contributed by atoms with Crippen LogP contribution in [0.3, 0.4) is 0 Å². The van der Waals surface area contributed by atoms with Crippen molar-refractivity contribution in [1.82, 2.24) is 14.9 Å². The molecular formula is C11H20N4O. The average molecular weight is 224 g/mol. The van der Waals surface area contributed by atoms with Crippen molar-refractivity contribution >= 4 is 5.91 Å². The van der Waals surface area contributed by atoms with E-state index in [2.05, 4.69) is 10.3 Å². The van der Waals surface area contributed by atoms with Gasteiger partial charge in [-0.25, -0.2) is 4.98 Å². The molecule has 5 nitrogen and oxygen atoms in total. The molecule has 0 radical (unpaired) electrons. The van der Waals surface area contributed by atoms with Crippen LogP contribution in [0, 0.1) is 6.92 Å². The van der Waals surface area contributed by atoms with E-state index in [0.29, 0.717) is 6.42 Å². The van der Waals surface area contributed by atoms with Gasteiger partial charge in [0.1, 0.15) is 5.82 Å². The van der Waals surface area contributed by atoms with Gasteiger partial charge in [-0.2, -0.15) is 0 Å². The summed E-state index contributed by atoms with van der Waals surface area (Å²) < 4.78 is 2.01. The molecule has 1 aromatic heterocycles. The van der Waals surface area contributed by atoms with Crippen molar-refractivity contribution in [3.63, 3.8) is 0 Å². The molecule has 1 unspecified atom stereocenters.